The number of ether oxygens (including phenoxy) is 5. The summed E-state index contributed by atoms with van der Waals surface area (Å²) in [5.41, 5.74) is -2.94. The van der Waals surface area contributed by atoms with Crippen LogP contribution in [0.2, 0.25) is 18.1 Å². The minimum absolute atomic E-state index is 0.00985. The summed E-state index contributed by atoms with van der Waals surface area (Å²) in [7, 11) is -0.327. The lowest BCUT2D eigenvalue weighted by Crippen LogP contribution is -2.58. The Hall–Kier alpha value is -5.55. The van der Waals surface area contributed by atoms with Crippen molar-refractivity contribution in [3.8, 4) is 29.4 Å². The Labute approximate surface area is 500 Å². The summed E-state index contributed by atoms with van der Waals surface area (Å²) >= 11 is 0. The van der Waals surface area contributed by atoms with Gasteiger partial charge in [-0.3, -0.25) is 4.79 Å². The molecular formula is C65H82F12O8Si. The van der Waals surface area contributed by atoms with Gasteiger partial charge in [0, 0.05) is 36.2 Å². The van der Waals surface area contributed by atoms with E-state index in [1.54, 1.807) is 58.0 Å². The Morgan fingerprint density at radius 2 is 0.907 bits per heavy atom. The number of rotatable bonds is 22. The van der Waals surface area contributed by atoms with E-state index in [9.17, 15) is 62.6 Å². The second kappa shape index (κ2) is 29.6. The lowest BCUT2D eigenvalue weighted by molar-refractivity contribution is -0.368. The zero-order valence-electron chi connectivity index (χ0n) is 51.9. The maximum atomic E-state index is 13.8. The number of benzene rings is 4. The third-order valence-electron chi connectivity index (χ3n) is 16.4. The lowest BCUT2D eigenvalue weighted by Gasteiger charge is -2.39. The van der Waals surface area contributed by atoms with Crippen LogP contribution in [0.4, 0.5) is 52.7 Å². The Morgan fingerprint density at radius 3 is 1.22 bits per heavy atom. The molecule has 478 valence electrons. The highest BCUT2D eigenvalue weighted by Gasteiger charge is 2.73. The largest absolute Gasteiger partial charge is 0.508 e. The van der Waals surface area contributed by atoms with E-state index in [0.717, 1.165) is 47.6 Å². The van der Waals surface area contributed by atoms with Crippen LogP contribution in [0.3, 0.4) is 0 Å². The molecule has 0 unspecified atom stereocenters. The molecule has 0 radical (unpaired) electrons. The smallest absolute Gasteiger partial charge is 0.438 e. The number of carbonyl (C=O) groups excluding carboxylic acids is 1. The number of aryl methyl sites for hydroxylation is 5. The van der Waals surface area contributed by atoms with Gasteiger partial charge in [-0.15, -0.1) is 0 Å². The van der Waals surface area contributed by atoms with Crippen molar-refractivity contribution in [1.29, 1.82) is 0 Å². The molecule has 0 saturated carbocycles. The minimum Gasteiger partial charge on any atom is -0.508 e. The molecule has 0 amide bonds. The number of methoxy groups -OCH3 is 2. The third-order valence-corrected chi connectivity index (χ3v) is 21.0. The second-order valence-corrected chi connectivity index (χ2v) is 27.5. The highest BCUT2D eigenvalue weighted by atomic mass is 28.4. The minimum atomic E-state index is -5.87. The first-order chi connectivity index (χ1) is 39.6. The molecule has 4 aromatic carbocycles. The molecule has 0 heterocycles. The summed E-state index contributed by atoms with van der Waals surface area (Å²) in [6, 6.07) is 21.3. The number of aromatic hydroxyl groups is 1. The zero-order valence-corrected chi connectivity index (χ0v) is 52.9. The summed E-state index contributed by atoms with van der Waals surface area (Å²) in [5.74, 6) is 6.69. The van der Waals surface area contributed by atoms with Crippen molar-refractivity contribution in [1.82, 2.24) is 0 Å². The second-order valence-electron chi connectivity index (χ2n) is 22.8. The quantitative estimate of drug-likeness (QED) is 0.0274. The molecule has 4 rings (SSSR count). The standard InChI is InChI=1S/C39H54F6O5Si.C26H28F6O3/c1-12-36(13-2,32-19-16-30(28(5)24-32)21-22-37(38(40,41)42,39(43,44)45)49-26-47-9)31-18-15-29(27(4)23-31)17-20-33(25-34(46)48-14-3)50-51(10,11)35(6,7)8;1-6-23(7-2,21-10-11-22(33)18(4)15-21)20-9-8-19(17(3)14-20)12-13-24(25(27,28)29,26(30,31)32)35-16-34-5/h15-16,18-19,23-24,33H,12-14,17,20,25-26H2,1-11H3;8-11,14-15,33H,6-7,16H2,1-5H3/t33-;/m1./s1. The van der Waals surface area contributed by atoms with Crippen LogP contribution in [-0.4, -0.2) is 95.8 Å². The highest BCUT2D eigenvalue weighted by Crippen LogP contribution is 2.48. The van der Waals surface area contributed by atoms with E-state index in [-0.39, 0.29) is 40.4 Å². The van der Waals surface area contributed by atoms with Crippen LogP contribution in [0, 0.1) is 51.4 Å². The fourth-order valence-electron chi connectivity index (χ4n) is 10.0. The van der Waals surface area contributed by atoms with E-state index in [1.165, 1.54) is 24.0 Å². The molecule has 0 saturated heterocycles. The number of carbonyl (C=O) groups is 1. The van der Waals surface area contributed by atoms with Gasteiger partial charge in [0.2, 0.25) is 0 Å². The first-order valence-corrected chi connectivity index (χ1v) is 31.1. The van der Waals surface area contributed by atoms with Gasteiger partial charge in [0.15, 0.2) is 8.32 Å². The van der Waals surface area contributed by atoms with Gasteiger partial charge in [0.25, 0.3) is 0 Å². The monoisotopic (exact) mass is 1250 g/mol. The van der Waals surface area contributed by atoms with Crippen molar-refractivity contribution in [3.63, 3.8) is 0 Å². The van der Waals surface area contributed by atoms with Crippen LogP contribution >= 0.6 is 0 Å². The molecule has 0 aliphatic heterocycles. The summed E-state index contributed by atoms with van der Waals surface area (Å²) in [6.45, 7) is 25.4. The van der Waals surface area contributed by atoms with Crippen molar-refractivity contribution in [2.24, 2.45) is 0 Å². The molecule has 0 bridgehead atoms. The Balaban J connectivity index is 0.000000482. The van der Waals surface area contributed by atoms with Gasteiger partial charge in [0.05, 0.1) is 19.1 Å². The van der Waals surface area contributed by atoms with Crippen LogP contribution in [0.15, 0.2) is 72.8 Å². The molecule has 8 nitrogen and oxygen atoms in total. The van der Waals surface area contributed by atoms with Crippen molar-refractivity contribution in [2.75, 3.05) is 34.4 Å². The summed E-state index contributed by atoms with van der Waals surface area (Å²) in [6.07, 6.45) is -19.5. The molecule has 4 aromatic rings. The molecule has 0 aromatic heterocycles. The van der Waals surface area contributed by atoms with Gasteiger partial charge in [-0.05, 0) is 171 Å². The molecule has 0 fully saturated rings. The van der Waals surface area contributed by atoms with Crippen LogP contribution in [0.5, 0.6) is 5.75 Å². The molecule has 86 heavy (non-hydrogen) atoms. The number of hydrogen-bond donors (Lipinski definition) is 1. The van der Waals surface area contributed by atoms with E-state index < -0.39 is 68.6 Å². The Morgan fingerprint density at radius 1 is 0.547 bits per heavy atom. The van der Waals surface area contributed by atoms with Crippen LogP contribution < -0.4 is 0 Å². The topological polar surface area (TPSA) is 92.7 Å². The molecule has 0 aliphatic carbocycles. The third kappa shape index (κ3) is 17.0. The first kappa shape index (κ1) is 74.7. The number of halogens is 12. The number of esters is 1. The van der Waals surface area contributed by atoms with Gasteiger partial charge in [-0.1, -0.05) is 115 Å². The summed E-state index contributed by atoms with van der Waals surface area (Å²) in [4.78, 5) is 12.5. The molecule has 0 aliphatic rings. The van der Waals surface area contributed by atoms with Crippen LogP contribution in [0.25, 0.3) is 0 Å². The zero-order chi connectivity index (χ0) is 65.7. The molecular weight excluding hydrogens is 1160 g/mol. The SMILES string of the molecule is CCC(CC)(c1ccc(O)c(C)c1)c1ccc(C#CC(OCOC)(C(F)(F)F)C(F)(F)F)c(C)c1.CCOC(=O)C[C@@H](CCc1ccc(C(CC)(CC)c2ccc(C#CC(OCOC)(C(F)(F)F)C(F)(F)F)c(C)c2)cc1C)O[Si](C)(C)C(C)(C)C. The highest BCUT2D eigenvalue weighted by molar-refractivity contribution is 6.74. The molecule has 0 spiro atoms. The Kier molecular flexibility index (Phi) is 25.7. The molecule has 1 atom stereocenters. The predicted octanol–water partition coefficient (Wildman–Crippen LogP) is 17.5. The number of phenolic OH excluding ortho intramolecular Hbond substituents is 1. The van der Waals surface area contributed by atoms with E-state index in [0.29, 0.717) is 61.8 Å². The van der Waals surface area contributed by atoms with Crippen LogP contribution in [-0.2, 0) is 50.2 Å². The fourth-order valence-corrected chi connectivity index (χ4v) is 11.4. The number of hydrogen-bond acceptors (Lipinski definition) is 8. The summed E-state index contributed by atoms with van der Waals surface area (Å²) in [5, 5.41) is 9.88. The average molecular weight is 1250 g/mol. The van der Waals surface area contributed by atoms with Crippen LogP contribution in [0.1, 0.15) is 155 Å². The molecule has 1 N–H and O–H groups in total. The number of alkyl halides is 12. The fraction of sp³-hybridized carbons (Fsp3) is 0.554. The van der Waals surface area contributed by atoms with E-state index in [1.807, 2.05) is 52.7 Å². The van der Waals surface area contributed by atoms with Gasteiger partial charge < -0.3 is 33.2 Å². The van der Waals surface area contributed by atoms with Crippen molar-refractivity contribution in [3.05, 3.63) is 134 Å². The predicted molar refractivity (Wildman–Crippen MR) is 310 cm³/mol. The van der Waals surface area contributed by atoms with Crippen molar-refractivity contribution < 1.29 is 90.7 Å². The number of phenols is 1. The normalized spacial score (nSPS) is 13.4. The first-order valence-electron chi connectivity index (χ1n) is 28.2. The maximum Gasteiger partial charge on any atom is 0.438 e. The van der Waals surface area contributed by atoms with Gasteiger partial charge >= 0.3 is 41.9 Å². The van der Waals surface area contributed by atoms with Gasteiger partial charge in [-0.25, -0.2) is 0 Å². The Bertz CT molecular complexity index is 2990. The van der Waals surface area contributed by atoms with E-state index in [2.05, 4.69) is 76.9 Å². The van der Waals surface area contributed by atoms with Crippen molar-refractivity contribution >= 4 is 14.3 Å². The van der Waals surface area contributed by atoms with Crippen molar-refractivity contribution in [2.45, 2.75) is 199 Å². The lowest BCUT2D eigenvalue weighted by atomic mass is 9.69. The average Bonchev–Trinajstić information content (AvgIpc) is 0.845. The van der Waals surface area contributed by atoms with Gasteiger partial charge in [-0.2, -0.15) is 52.7 Å². The maximum absolute atomic E-state index is 13.8. The molecule has 21 heteroatoms. The van der Waals surface area contributed by atoms with Gasteiger partial charge in [0.1, 0.15) is 19.3 Å². The van der Waals surface area contributed by atoms with E-state index >= 15 is 0 Å². The summed E-state index contributed by atoms with van der Waals surface area (Å²) < 4.78 is 193. The van der Waals surface area contributed by atoms with E-state index in [4.69, 9.17) is 9.16 Å².